The Bertz CT molecular complexity index is 266. The number of carbonyl (C=O) groups excluding carboxylic acids is 1. The summed E-state index contributed by atoms with van der Waals surface area (Å²) in [7, 11) is 0. The molecule has 2 unspecified atom stereocenters. The Kier molecular flexibility index (Phi) is 15.8. The van der Waals surface area contributed by atoms with Crippen LogP contribution in [0.3, 0.4) is 0 Å². The van der Waals surface area contributed by atoms with Gasteiger partial charge in [-0.15, -0.1) is 0 Å². The average molecular weight is 331 g/mol. The van der Waals surface area contributed by atoms with Crippen molar-refractivity contribution in [3.05, 3.63) is 0 Å². The van der Waals surface area contributed by atoms with Gasteiger partial charge in [0, 0.05) is 0 Å². The molecule has 0 aliphatic rings. The molecular formula is C19H38O4. The molecule has 4 heteroatoms. The number of ether oxygens (including phenoxy) is 1. The van der Waals surface area contributed by atoms with Gasteiger partial charge in [-0.05, 0) is 13.3 Å². The Labute approximate surface area is 142 Å². The van der Waals surface area contributed by atoms with E-state index in [0.717, 1.165) is 12.8 Å². The molecule has 0 aromatic carbocycles. The van der Waals surface area contributed by atoms with Crippen LogP contribution in [-0.2, 0) is 9.53 Å². The quantitative estimate of drug-likeness (QED) is 0.326. The molecule has 0 spiro atoms. The highest BCUT2D eigenvalue weighted by Crippen LogP contribution is 2.13. The van der Waals surface area contributed by atoms with Gasteiger partial charge in [-0.3, -0.25) is 0 Å². The fourth-order valence-electron chi connectivity index (χ4n) is 2.60. The monoisotopic (exact) mass is 330 g/mol. The molecule has 0 aliphatic carbocycles. The highest BCUT2D eigenvalue weighted by atomic mass is 16.6. The summed E-state index contributed by atoms with van der Waals surface area (Å²) < 4.78 is 4.78. The van der Waals surface area contributed by atoms with Crippen molar-refractivity contribution < 1.29 is 19.7 Å². The minimum Gasteiger partial charge on any atom is -0.461 e. The SMILES string of the molecule is CCCCCCCCCCCCCCC(O)C(=O)OCC(C)O. The van der Waals surface area contributed by atoms with Crippen molar-refractivity contribution >= 4 is 5.97 Å². The average Bonchev–Trinajstić information content (AvgIpc) is 2.53. The molecular weight excluding hydrogens is 292 g/mol. The van der Waals surface area contributed by atoms with E-state index in [4.69, 9.17) is 9.84 Å². The summed E-state index contributed by atoms with van der Waals surface area (Å²) in [6, 6.07) is 0. The number of aliphatic hydroxyl groups excluding tert-OH is 2. The zero-order chi connectivity index (χ0) is 17.3. The summed E-state index contributed by atoms with van der Waals surface area (Å²) in [5.74, 6) is -0.617. The summed E-state index contributed by atoms with van der Waals surface area (Å²) in [6.45, 7) is 3.75. The van der Waals surface area contributed by atoms with Crippen molar-refractivity contribution in [3.63, 3.8) is 0 Å². The maximum atomic E-state index is 11.4. The zero-order valence-corrected chi connectivity index (χ0v) is 15.3. The van der Waals surface area contributed by atoms with Crippen molar-refractivity contribution in [2.45, 2.75) is 110 Å². The van der Waals surface area contributed by atoms with Crippen molar-refractivity contribution in [3.8, 4) is 0 Å². The predicted octanol–water partition coefficient (Wildman–Crippen LogP) is 4.36. The van der Waals surface area contributed by atoms with Gasteiger partial charge >= 0.3 is 5.97 Å². The third-order valence-electron chi connectivity index (χ3n) is 4.07. The van der Waals surface area contributed by atoms with Crippen LogP contribution < -0.4 is 0 Å². The normalized spacial score (nSPS) is 13.7. The predicted molar refractivity (Wildman–Crippen MR) is 94.3 cm³/mol. The van der Waals surface area contributed by atoms with E-state index in [1.54, 1.807) is 6.92 Å². The van der Waals surface area contributed by atoms with E-state index in [0.29, 0.717) is 6.42 Å². The largest absolute Gasteiger partial charge is 0.461 e. The van der Waals surface area contributed by atoms with Gasteiger partial charge in [0.15, 0.2) is 6.10 Å². The molecule has 0 aliphatic heterocycles. The highest BCUT2D eigenvalue weighted by molar-refractivity contribution is 5.74. The Hall–Kier alpha value is -0.610. The lowest BCUT2D eigenvalue weighted by Gasteiger charge is -2.11. The Morgan fingerprint density at radius 3 is 1.70 bits per heavy atom. The second-order valence-electron chi connectivity index (χ2n) is 6.67. The third kappa shape index (κ3) is 16.0. The van der Waals surface area contributed by atoms with E-state index in [2.05, 4.69) is 6.92 Å². The number of hydrogen-bond donors (Lipinski definition) is 2. The smallest absolute Gasteiger partial charge is 0.335 e. The van der Waals surface area contributed by atoms with Gasteiger partial charge in [0.25, 0.3) is 0 Å². The zero-order valence-electron chi connectivity index (χ0n) is 15.3. The lowest BCUT2D eigenvalue weighted by Crippen LogP contribution is -2.26. The summed E-state index contributed by atoms with van der Waals surface area (Å²) >= 11 is 0. The summed E-state index contributed by atoms with van der Waals surface area (Å²) in [6.07, 6.45) is 13.9. The number of rotatable bonds is 16. The number of aliphatic hydroxyl groups is 2. The maximum absolute atomic E-state index is 11.4. The molecule has 0 saturated heterocycles. The molecule has 0 aromatic rings. The number of carbonyl (C=O) groups is 1. The van der Waals surface area contributed by atoms with Gasteiger partial charge in [-0.1, -0.05) is 84.0 Å². The molecule has 23 heavy (non-hydrogen) atoms. The van der Waals surface area contributed by atoms with E-state index in [9.17, 15) is 9.90 Å². The first-order chi connectivity index (χ1) is 11.1. The van der Waals surface area contributed by atoms with Gasteiger partial charge in [-0.25, -0.2) is 4.79 Å². The van der Waals surface area contributed by atoms with Crippen LogP contribution in [0.4, 0.5) is 0 Å². The molecule has 2 N–H and O–H groups in total. The molecule has 4 nitrogen and oxygen atoms in total. The lowest BCUT2D eigenvalue weighted by molar-refractivity contribution is -0.156. The molecule has 138 valence electrons. The molecule has 0 amide bonds. The Morgan fingerprint density at radius 1 is 0.826 bits per heavy atom. The highest BCUT2D eigenvalue weighted by Gasteiger charge is 2.16. The number of esters is 1. The van der Waals surface area contributed by atoms with Gasteiger partial charge in [-0.2, -0.15) is 0 Å². The molecule has 0 fully saturated rings. The van der Waals surface area contributed by atoms with E-state index in [1.165, 1.54) is 64.2 Å². The summed E-state index contributed by atoms with van der Waals surface area (Å²) in [5.41, 5.74) is 0. The molecule has 0 saturated carbocycles. The van der Waals surface area contributed by atoms with Gasteiger partial charge < -0.3 is 14.9 Å². The fraction of sp³-hybridized carbons (Fsp3) is 0.947. The van der Waals surface area contributed by atoms with Crippen molar-refractivity contribution in [2.24, 2.45) is 0 Å². The Balaban J connectivity index is 3.27. The number of hydrogen-bond acceptors (Lipinski definition) is 4. The van der Waals surface area contributed by atoms with Crippen LogP contribution >= 0.6 is 0 Å². The van der Waals surface area contributed by atoms with E-state index < -0.39 is 18.2 Å². The molecule has 0 bridgehead atoms. The van der Waals surface area contributed by atoms with Crippen molar-refractivity contribution in [1.29, 1.82) is 0 Å². The molecule has 0 rings (SSSR count). The summed E-state index contributed by atoms with van der Waals surface area (Å²) in [4.78, 5) is 11.4. The first-order valence-corrected chi connectivity index (χ1v) is 9.60. The van der Waals surface area contributed by atoms with Gasteiger partial charge in [0.1, 0.15) is 6.61 Å². The minimum atomic E-state index is -1.04. The Morgan fingerprint density at radius 2 is 1.26 bits per heavy atom. The van der Waals surface area contributed by atoms with Gasteiger partial charge in [0.05, 0.1) is 6.10 Å². The first kappa shape index (κ1) is 22.4. The molecule has 0 heterocycles. The van der Waals surface area contributed by atoms with Crippen LogP contribution in [0.2, 0.25) is 0 Å². The van der Waals surface area contributed by atoms with Crippen LogP contribution in [0.1, 0.15) is 97.3 Å². The van der Waals surface area contributed by atoms with E-state index in [-0.39, 0.29) is 6.61 Å². The second-order valence-corrected chi connectivity index (χ2v) is 6.67. The van der Waals surface area contributed by atoms with E-state index in [1.807, 2.05) is 0 Å². The van der Waals surface area contributed by atoms with Crippen LogP contribution in [0, 0.1) is 0 Å². The molecule has 0 radical (unpaired) electrons. The van der Waals surface area contributed by atoms with Crippen LogP contribution in [-0.4, -0.2) is 35.0 Å². The minimum absolute atomic E-state index is 0.0473. The van der Waals surface area contributed by atoms with Crippen LogP contribution in [0.25, 0.3) is 0 Å². The van der Waals surface area contributed by atoms with Crippen molar-refractivity contribution in [1.82, 2.24) is 0 Å². The van der Waals surface area contributed by atoms with E-state index >= 15 is 0 Å². The van der Waals surface area contributed by atoms with Crippen LogP contribution in [0.15, 0.2) is 0 Å². The van der Waals surface area contributed by atoms with Crippen molar-refractivity contribution in [2.75, 3.05) is 6.61 Å². The topological polar surface area (TPSA) is 66.8 Å². The first-order valence-electron chi connectivity index (χ1n) is 9.60. The standard InChI is InChI=1S/C19H38O4/c1-3-4-5-6-7-8-9-10-11-12-13-14-15-18(21)19(22)23-16-17(2)20/h17-18,20-21H,3-16H2,1-2H3. The molecule has 0 aromatic heterocycles. The third-order valence-corrected chi connectivity index (χ3v) is 4.07. The second kappa shape index (κ2) is 16.3. The molecule has 2 atom stereocenters. The lowest BCUT2D eigenvalue weighted by atomic mass is 10.0. The maximum Gasteiger partial charge on any atom is 0.335 e. The summed E-state index contributed by atoms with van der Waals surface area (Å²) in [5, 5.41) is 18.6. The van der Waals surface area contributed by atoms with Crippen LogP contribution in [0.5, 0.6) is 0 Å². The van der Waals surface area contributed by atoms with Gasteiger partial charge in [0.2, 0.25) is 0 Å². The fourth-order valence-corrected chi connectivity index (χ4v) is 2.60. The number of unbranched alkanes of at least 4 members (excludes halogenated alkanes) is 11.